The van der Waals surface area contributed by atoms with E-state index in [2.05, 4.69) is 0 Å². The fourth-order valence-electron chi connectivity index (χ4n) is 2.07. The lowest BCUT2D eigenvalue weighted by Crippen LogP contribution is -2.27. The summed E-state index contributed by atoms with van der Waals surface area (Å²) >= 11 is 0. The highest BCUT2D eigenvalue weighted by Gasteiger charge is 2.23. The van der Waals surface area contributed by atoms with Crippen molar-refractivity contribution in [2.24, 2.45) is 5.92 Å². The zero-order valence-electron chi connectivity index (χ0n) is 9.95. The molecule has 0 aromatic rings. The second-order valence-corrected chi connectivity index (χ2v) is 4.42. The molecule has 0 bridgehead atoms. The average Bonchev–Trinajstić information content (AvgIpc) is 2.76. The minimum absolute atomic E-state index is 0.0843. The van der Waals surface area contributed by atoms with Crippen molar-refractivity contribution in [2.45, 2.75) is 51.7 Å². The van der Waals surface area contributed by atoms with E-state index in [0.29, 0.717) is 19.1 Å². The molecule has 1 aliphatic carbocycles. The van der Waals surface area contributed by atoms with E-state index in [9.17, 15) is 5.11 Å². The summed E-state index contributed by atoms with van der Waals surface area (Å²) < 4.78 is 10.8. The van der Waals surface area contributed by atoms with Crippen molar-refractivity contribution in [2.75, 3.05) is 19.8 Å². The molecule has 15 heavy (non-hydrogen) atoms. The van der Waals surface area contributed by atoms with Crippen LogP contribution in [0.4, 0.5) is 0 Å². The number of aliphatic hydroxyl groups excluding tert-OH is 1. The molecule has 1 N–H and O–H groups in total. The number of ether oxygens (including phenoxy) is 2. The SMILES string of the molecule is CCOCC(C)OCC(O)C1CCCC1. The van der Waals surface area contributed by atoms with Gasteiger partial charge in [0.25, 0.3) is 0 Å². The van der Waals surface area contributed by atoms with Crippen molar-refractivity contribution in [1.82, 2.24) is 0 Å². The van der Waals surface area contributed by atoms with Gasteiger partial charge < -0.3 is 14.6 Å². The van der Waals surface area contributed by atoms with Crippen molar-refractivity contribution in [3.63, 3.8) is 0 Å². The van der Waals surface area contributed by atoms with Crippen LogP contribution in [0.25, 0.3) is 0 Å². The van der Waals surface area contributed by atoms with Crippen molar-refractivity contribution < 1.29 is 14.6 Å². The first-order valence-electron chi connectivity index (χ1n) is 6.11. The van der Waals surface area contributed by atoms with Crippen molar-refractivity contribution in [1.29, 1.82) is 0 Å². The van der Waals surface area contributed by atoms with Crippen LogP contribution in [-0.2, 0) is 9.47 Å². The molecule has 0 radical (unpaired) electrons. The molecule has 1 saturated carbocycles. The predicted molar refractivity (Wildman–Crippen MR) is 59.9 cm³/mol. The number of rotatable bonds is 7. The molecule has 1 rings (SSSR count). The molecule has 0 aromatic heterocycles. The Balaban J connectivity index is 2.07. The summed E-state index contributed by atoms with van der Waals surface area (Å²) in [5, 5.41) is 9.86. The van der Waals surface area contributed by atoms with Gasteiger partial charge in [0.05, 0.1) is 25.4 Å². The maximum Gasteiger partial charge on any atom is 0.0801 e. The van der Waals surface area contributed by atoms with Gasteiger partial charge in [0.2, 0.25) is 0 Å². The zero-order valence-corrected chi connectivity index (χ0v) is 9.95. The number of hydrogen-bond acceptors (Lipinski definition) is 3. The molecule has 0 aromatic carbocycles. The summed E-state index contributed by atoms with van der Waals surface area (Å²) in [6, 6.07) is 0. The predicted octanol–water partition coefficient (Wildman–Crippen LogP) is 1.98. The highest BCUT2D eigenvalue weighted by molar-refractivity contribution is 4.74. The first kappa shape index (κ1) is 12.9. The van der Waals surface area contributed by atoms with Crippen LogP contribution >= 0.6 is 0 Å². The van der Waals surface area contributed by atoms with E-state index in [0.717, 1.165) is 19.4 Å². The largest absolute Gasteiger partial charge is 0.390 e. The highest BCUT2D eigenvalue weighted by atomic mass is 16.5. The Kier molecular flexibility index (Phi) is 6.22. The van der Waals surface area contributed by atoms with Crippen LogP contribution in [0.5, 0.6) is 0 Å². The molecule has 2 unspecified atom stereocenters. The summed E-state index contributed by atoms with van der Waals surface area (Å²) in [4.78, 5) is 0. The van der Waals surface area contributed by atoms with Crippen LogP contribution in [-0.4, -0.2) is 37.1 Å². The lowest BCUT2D eigenvalue weighted by atomic mass is 10.0. The Morgan fingerprint density at radius 3 is 2.53 bits per heavy atom. The second kappa shape index (κ2) is 7.20. The van der Waals surface area contributed by atoms with Gasteiger partial charge in [0.15, 0.2) is 0 Å². The highest BCUT2D eigenvalue weighted by Crippen LogP contribution is 2.27. The van der Waals surface area contributed by atoms with E-state index in [1.807, 2.05) is 13.8 Å². The van der Waals surface area contributed by atoms with Crippen molar-refractivity contribution in [3.05, 3.63) is 0 Å². The van der Waals surface area contributed by atoms with Crippen LogP contribution < -0.4 is 0 Å². The molecular weight excluding hydrogens is 192 g/mol. The third kappa shape index (κ3) is 4.96. The molecule has 90 valence electrons. The molecule has 0 amide bonds. The maximum absolute atomic E-state index is 9.86. The Morgan fingerprint density at radius 2 is 1.93 bits per heavy atom. The molecule has 0 saturated heterocycles. The topological polar surface area (TPSA) is 38.7 Å². The summed E-state index contributed by atoms with van der Waals surface area (Å²) in [5.41, 5.74) is 0. The summed E-state index contributed by atoms with van der Waals surface area (Å²) in [6.45, 7) is 5.75. The van der Waals surface area contributed by atoms with E-state index < -0.39 is 0 Å². The minimum Gasteiger partial charge on any atom is -0.390 e. The minimum atomic E-state index is -0.281. The molecule has 0 aliphatic heterocycles. The smallest absolute Gasteiger partial charge is 0.0801 e. The zero-order chi connectivity index (χ0) is 11.1. The van der Waals surface area contributed by atoms with E-state index in [1.54, 1.807) is 0 Å². The van der Waals surface area contributed by atoms with Gasteiger partial charge in [-0.2, -0.15) is 0 Å². The van der Waals surface area contributed by atoms with Gasteiger partial charge in [-0.05, 0) is 32.6 Å². The van der Waals surface area contributed by atoms with Crippen molar-refractivity contribution >= 4 is 0 Å². The standard InChI is InChI=1S/C12H24O3/c1-3-14-8-10(2)15-9-12(13)11-6-4-5-7-11/h10-13H,3-9H2,1-2H3. The summed E-state index contributed by atoms with van der Waals surface area (Å²) in [6.07, 6.45) is 4.64. The maximum atomic E-state index is 9.86. The van der Waals surface area contributed by atoms with E-state index in [1.165, 1.54) is 12.8 Å². The Hall–Kier alpha value is -0.120. The fourth-order valence-corrected chi connectivity index (χ4v) is 2.07. The fraction of sp³-hybridized carbons (Fsp3) is 1.00. The second-order valence-electron chi connectivity index (χ2n) is 4.42. The van der Waals surface area contributed by atoms with Crippen molar-refractivity contribution in [3.8, 4) is 0 Å². The average molecular weight is 216 g/mol. The van der Waals surface area contributed by atoms with Gasteiger partial charge in [0.1, 0.15) is 0 Å². The Morgan fingerprint density at radius 1 is 1.27 bits per heavy atom. The van der Waals surface area contributed by atoms with Gasteiger partial charge in [-0.15, -0.1) is 0 Å². The normalized spacial score (nSPS) is 21.8. The van der Waals surface area contributed by atoms with E-state index >= 15 is 0 Å². The Labute approximate surface area is 92.8 Å². The quantitative estimate of drug-likeness (QED) is 0.707. The Bertz CT molecular complexity index is 155. The van der Waals surface area contributed by atoms with E-state index in [-0.39, 0.29) is 12.2 Å². The molecule has 1 fully saturated rings. The van der Waals surface area contributed by atoms with Gasteiger partial charge >= 0.3 is 0 Å². The monoisotopic (exact) mass is 216 g/mol. The van der Waals surface area contributed by atoms with Crippen LogP contribution in [0.2, 0.25) is 0 Å². The van der Waals surface area contributed by atoms with Crippen LogP contribution in [0.1, 0.15) is 39.5 Å². The first-order chi connectivity index (χ1) is 7.24. The molecular formula is C12H24O3. The molecule has 3 nitrogen and oxygen atoms in total. The lowest BCUT2D eigenvalue weighted by molar-refractivity contribution is -0.0524. The molecule has 0 heterocycles. The van der Waals surface area contributed by atoms with Gasteiger partial charge in [-0.1, -0.05) is 12.8 Å². The molecule has 2 atom stereocenters. The first-order valence-corrected chi connectivity index (χ1v) is 6.11. The van der Waals surface area contributed by atoms with Gasteiger partial charge in [-0.3, -0.25) is 0 Å². The summed E-state index contributed by atoms with van der Waals surface area (Å²) in [5.74, 6) is 0.462. The van der Waals surface area contributed by atoms with Gasteiger partial charge in [-0.25, -0.2) is 0 Å². The third-order valence-electron chi connectivity index (χ3n) is 3.05. The van der Waals surface area contributed by atoms with Crippen LogP contribution in [0.3, 0.4) is 0 Å². The molecule has 1 aliphatic rings. The van der Waals surface area contributed by atoms with Crippen LogP contribution in [0, 0.1) is 5.92 Å². The number of aliphatic hydroxyl groups is 1. The lowest BCUT2D eigenvalue weighted by Gasteiger charge is -2.20. The molecule has 3 heteroatoms. The summed E-state index contributed by atoms with van der Waals surface area (Å²) in [7, 11) is 0. The van der Waals surface area contributed by atoms with Crippen LogP contribution in [0.15, 0.2) is 0 Å². The van der Waals surface area contributed by atoms with E-state index in [4.69, 9.17) is 9.47 Å². The third-order valence-corrected chi connectivity index (χ3v) is 3.05. The number of hydrogen-bond donors (Lipinski definition) is 1. The molecule has 0 spiro atoms. The van der Waals surface area contributed by atoms with Gasteiger partial charge in [0, 0.05) is 6.61 Å².